The van der Waals surface area contributed by atoms with Crippen molar-refractivity contribution in [2.45, 2.75) is 0 Å². The molecule has 0 aliphatic heterocycles. The summed E-state index contributed by atoms with van der Waals surface area (Å²) in [5.41, 5.74) is 25.7. The van der Waals surface area contributed by atoms with Crippen LogP contribution in [0.5, 0.6) is 0 Å². The number of hydrogen-bond donors (Lipinski definition) is 0. The van der Waals surface area contributed by atoms with Gasteiger partial charge in [-0.2, -0.15) is 0 Å². The Morgan fingerprint density at radius 1 is 0.344 bits per heavy atom. The lowest BCUT2D eigenvalue weighted by molar-refractivity contribution is 0.669. The zero-order chi connectivity index (χ0) is 43.5. The van der Waals surface area contributed by atoms with E-state index in [4.69, 9.17) is 4.42 Å². The van der Waals surface area contributed by atoms with Gasteiger partial charge >= 0.3 is 0 Å². The minimum absolute atomic E-state index is 0.907. The van der Waals surface area contributed by atoms with Gasteiger partial charge in [-0.25, -0.2) is 0 Å². The second-order valence-electron chi connectivity index (χ2n) is 17.8. The Kier molecular flexibility index (Phi) is 8.69. The molecule has 12 rings (SSSR count). The molecule has 3 heterocycles. The van der Waals surface area contributed by atoms with Crippen molar-refractivity contribution in [2.24, 2.45) is 0 Å². The molecular formula is C54H41B7N2O. The first kappa shape index (κ1) is 38.5. The number of rotatable bonds is 5. The van der Waals surface area contributed by atoms with E-state index in [9.17, 15) is 0 Å². The molecule has 0 bridgehead atoms. The van der Waals surface area contributed by atoms with Crippen LogP contribution >= 0.6 is 0 Å². The number of benzene rings is 9. The molecule has 0 N–H and O–H groups in total. The molecule has 0 unspecified atom stereocenters. The van der Waals surface area contributed by atoms with Crippen molar-refractivity contribution in [2.75, 3.05) is 0 Å². The fraction of sp³-hybridized carbons (Fsp3) is 0. The van der Waals surface area contributed by atoms with E-state index in [1.165, 1.54) is 115 Å². The summed E-state index contributed by atoms with van der Waals surface area (Å²) in [7, 11) is 16.3. The number of hydrogen-bond acceptors (Lipinski definition) is 1. The molecule has 9 aromatic carbocycles. The van der Waals surface area contributed by atoms with Gasteiger partial charge in [-0.1, -0.05) is 154 Å². The predicted octanol–water partition coefficient (Wildman–Crippen LogP) is 2.59. The first-order valence-corrected chi connectivity index (χ1v) is 22.4. The van der Waals surface area contributed by atoms with E-state index in [0.717, 1.165) is 33.3 Å². The molecule has 64 heavy (non-hydrogen) atoms. The number of para-hydroxylation sites is 2. The smallest absolute Gasteiger partial charge is 0.141 e. The van der Waals surface area contributed by atoms with E-state index in [-0.39, 0.29) is 0 Å². The van der Waals surface area contributed by atoms with Crippen molar-refractivity contribution in [1.29, 1.82) is 0 Å². The molecule has 0 spiro atoms. The summed E-state index contributed by atoms with van der Waals surface area (Å²) in [6.45, 7) is 0. The van der Waals surface area contributed by atoms with Crippen LogP contribution in [-0.2, 0) is 0 Å². The quantitative estimate of drug-likeness (QED) is 0.246. The summed E-state index contributed by atoms with van der Waals surface area (Å²) in [6, 6.07) is 59.5. The van der Waals surface area contributed by atoms with E-state index in [1.807, 2.05) is 0 Å². The number of furan rings is 1. The molecule has 12 aromatic rings. The molecular weight excluding hydrogens is 768 g/mol. The molecule has 0 saturated heterocycles. The summed E-state index contributed by atoms with van der Waals surface area (Å²) in [5.74, 6) is 0. The average molecular weight is 810 g/mol. The maximum Gasteiger partial charge on any atom is 0.141 e. The highest BCUT2D eigenvalue weighted by Crippen LogP contribution is 2.41. The van der Waals surface area contributed by atoms with Crippen LogP contribution in [0.25, 0.3) is 110 Å². The van der Waals surface area contributed by atoms with Crippen molar-refractivity contribution in [3.05, 3.63) is 164 Å². The normalized spacial score (nSPS) is 11.9. The average Bonchev–Trinajstić information content (AvgIpc) is 4.01. The molecule has 3 nitrogen and oxygen atoms in total. The maximum absolute atomic E-state index is 6.50. The zero-order valence-corrected chi connectivity index (χ0v) is 37.4. The largest absolute Gasteiger partial charge is 0.456 e. The number of nitrogens with zero attached hydrogens (tertiary/aromatic N) is 2. The third-order valence-corrected chi connectivity index (χ3v) is 14.6. The molecule has 0 radical (unpaired) electrons. The van der Waals surface area contributed by atoms with Crippen LogP contribution in [0.3, 0.4) is 0 Å². The monoisotopic (exact) mass is 810 g/mol. The van der Waals surface area contributed by atoms with Crippen LogP contribution in [0.2, 0.25) is 0 Å². The third-order valence-electron chi connectivity index (χ3n) is 14.6. The fourth-order valence-corrected chi connectivity index (χ4v) is 11.1. The first-order chi connectivity index (χ1) is 31.2. The van der Waals surface area contributed by atoms with E-state index < -0.39 is 0 Å². The molecule has 0 fully saturated rings. The van der Waals surface area contributed by atoms with E-state index >= 15 is 0 Å². The van der Waals surface area contributed by atoms with Gasteiger partial charge in [-0.3, -0.25) is 0 Å². The van der Waals surface area contributed by atoms with Gasteiger partial charge in [-0.05, 0) is 75.7 Å². The van der Waals surface area contributed by atoms with Crippen molar-refractivity contribution in [3.8, 4) is 44.8 Å². The number of fused-ring (bicyclic) bond motifs is 9. The van der Waals surface area contributed by atoms with Crippen LogP contribution < -0.4 is 38.2 Å². The Labute approximate surface area is 379 Å². The lowest BCUT2D eigenvalue weighted by Crippen LogP contribution is -2.48. The van der Waals surface area contributed by atoms with Crippen LogP contribution in [0.15, 0.2) is 168 Å². The summed E-state index contributed by atoms with van der Waals surface area (Å²) in [4.78, 5) is 0. The van der Waals surface area contributed by atoms with Gasteiger partial charge in [0.15, 0.2) is 0 Å². The number of aromatic nitrogens is 2. The van der Waals surface area contributed by atoms with Crippen molar-refractivity contribution < 1.29 is 4.42 Å². The van der Waals surface area contributed by atoms with Gasteiger partial charge in [0.05, 0.1) is 22.1 Å². The van der Waals surface area contributed by atoms with Crippen LogP contribution in [0.1, 0.15) is 0 Å². The Balaban J connectivity index is 1.15. The van der Waals surface area contributed by atoms with Crippen molar-refractivity contribution >= 4 is 159 Å². The summed E-state index contributed by atoms with van der Waals surface area (Å²) in [5, 5.41) is 7.44. The van der Waals surface area contributed by atoms with Gasteiger partial charge in [0.1, 0.15) is 66.1 Å². The van der Waals surface area contributed by atoms with Gasteiger partial charge in [0, 0.05) is 43.8 Å². The SMILES string of the molecule is Bc1c(B)c(B)c2c(c1B)c1c(B)c(-c3ccc4c(c3)c3cccc(-c5ccccc5)c3n4-c3ccc(-c4ccccc4)cc3)c(B)c(B)c1n2-c1cccc2oc3ccccc3c12. The topological polar surface area (TPSA) is 23.0 Å². The van der Waals surface area contributed by atoms with Crippen LogP contribution in [-0.4, -0.2) is 64.1 Å². The molecule has 0 amide bonds. The molecule has 0 aliphatic rings. The second-order valence-corrected chi connectivity index (χ2v) is 17.8. The molecule has 10 heteroatoms. The lowest BCUT2D eigenvalue weighted by atomic mass is 9.64. The van der Waals surface area contributed by atoms with Gasteiger partial charge in [-0.15, -0.1) is 5.46 Å². The minimum atomic E-state index is 0.907. The molecule has 294 valence electrons. The Morgan fingerprint density at radius 2 is 0.922 bits per heavy atom. The standard InChI is InChI=1S/C54H41B7N2O/c55-45-41(46(56)50(60)53-43(45)44-47(57)48(58)49(59)51(61)54(44)63(53)38-18-10-20-40-42(38)35-15-7-8-19-39(35)64-40)31-23-26-37-36(27-31)34-17-9-16-33(30-13-5-2-6-14-30)52(34)62(37)32-24-21-29(22-25-32)28-11-3-1-4-12-28/h1-27H,55-61H2. The van der Waals surface area contributed by atoms with Crippen molar-refractivity contribution in [1.82, 2.24) is 9.13 Å². The predicted molar refractivity (Wildman–Crippen MR) is 296 cm³/mol. The van der Waals surface area contributed by atoms with Crippen LogP contribution in [0, 0.1) is 0 Å². The third kappa shape index (κ3) is 5.45. The minimum Gasteiger partial charge on any atom is -0.456 e. The summed E-state index contributed by atoms with van der Waals surface area (Å²) >= 11 is 0. The highest BCUT2D eigenvalue weighted by Gasteiger charge is 2.27. The van der Waals surface area contributed by atoms with Crippen LogP contribution in [0.4, 0.5) is 0 Å². The second kappa shape index (κ2) is 14.4. The lowest BCUT2D eigenvalue weighted by Gasteiger charge is -2.19. The molecule has 3 aromatic heterocycles. The Bertz CT molecular complexity index is 3910. The van der Waals surface area contributed by atoms with Gasteiger partial charge in [0.2, 0.25) is 0 Å². The zero-order valence-electron chi connectivity index (χ0n) is 37.4. The van der Waals surface area contributed by atoms with Gasteiger partial charge in [0.25, 0.3) is 0 Å². The van der Waals surface area contributed by atoms with E-state index in [0.29, 0.717) is 0 Å². The molecule has 0 atom stereocenters. The maximum atomic E-state index is 6.50. The Hall–Kier alpha value is -7.17. The highest BCUT2D eigenvalue weighted by molar-refractivity contribution is 6.69. The highest BCUT2D eigenvalue weighted by atomic mass is 16.3. The Morgan fingerprint density at radius 3 is 1.67 bits per heavy atom. The fourth-order valence-electron chi connectivity index (χ4n) is 11.1. The van der Waals surface area contributed by atoms with E-state index in [1.54, 1.807) is 0 Å². The van der Waals surface area contributed by atoms with Crippen molar-refractivity contribution in [3.63, 3.8) is 0 Å². The molecule has 0 aliphatic carbocycles. The summed E-state index contributed by atoms with van der Waals surface area (Å²) < 4.78 is 11.6. The van der Waals surface area contributed by atoms with Gasteiger partial charge < -0.3 is 13.6 Å². The first-order valence-electron chi connectivity index (χ1n) is 22.4. The summed E-state index contributed by atoms with van der Waals surface area (Å²) in [6.07, 6.45) is 0. The van der Waals surface area contributed by atoms with E-state index in [2.05, 4.69) is 228 Å². The molecule has 0 saturated carbocycles.